The van der Waals surface area contributed by atoms with E-state index in [4.69, 9.17) is 14.9 Å². The SMILES string of the molecule is Cn1c(=O)oc2ccc(-c3ccc(C[C@@H](C#N)NC(=O)C4(N)CCOCC4)c(F)c3)cc21. The van der Waals surface area contributed by atoms with Crippen LogP contribution >= 0.6 is 0 Å². The molecule has 4 rings (SSSR count). The Kier molecular flexibility index (Phi) is 5.82. The number of halogens is 1. The number of ether oxygens (including phenoxy) is 1. The third-order valence-corrected chi connectivity index (χ3v) is 5.90. The molecule has 1 amide bonds. The Morgan fingerprint density at radius 1 is 1.28 bits per heavy atom. The number of nitriles is 1. The van der Waals surface area contributed by atoms with Gasteiger partial charge in [0.1, 0.15) is 11.9 Å². The minimum absolute atomic E-state index is 0.0101. The van der Waals surface area contributed by atoms with Gasteiger partial charge in [0.2, 0.25) is 5.91 Å². The van der Waals surface area contributed by atoms with Crippen LogP contribution in [0.15, 0.2) is 45.6 Å². The summed E-state index contributed by atoms with van der Waals surface area (Å²) in [5, 5.41) is 12.1. The maximum atomic E-state index is 14.9. The van der Waals surface area contributed by atoms with Crippen molar-refractivity contribution in [2.75, 3.05) is 13.2 Å². The number of hydrogen-bond acceptors (Lipinski definition) is 6. The minimum atomic E-state index is -1.08. The van der Waals surface area contributed by atoms with Crippen molar-refractivity contribution >= 4 is 17.0 Å². The number of hydrogen-bond donors (Lipinski definition) is 2. The lowest BCUT2D eigenvalue weighted by Crippen LogP contribution is -2.58. The Balaban J connectivity index is 1.51. The second kappa shape index (κ2) is 8.57. The lowest BCUT2D eigenvalue weighted by molar-refractivity contribution is -0.130. The quantitative estimate of drug-likeness (QED) is 0.628. The Bertz CT molecular complexity index is 1270. The van der Waals surface area contributed by atoms with E-state index in [9.17, 15) is 19.2 Å². The fourth-order valence-corrected chi connectivity index (χ4v) is 3.81. The number of nitrogens with zero attached hydrogens (tertiary/aromatic N) is 2. The number of amides is 1. The van der Waals surface area contributed by atoms with Crippen molar-refractivity contribution in [3.8, 4) is 17.2 Å². The van der Waals surface area contributed by atoms with Crippen molar-refractivity contribution < 1.29 is 18.3 Å². The molecule has 1 saturated heterocycles. The number of nitrogens with one attached hydrogen (secondary N) is 1. The van der Waals surface area contributed by atoms with Crippen LogP contribution in [0.25, 0.3) is 22.2 Å². The number of oxazole rings is 1. The van der Waals surface area contributed by atoms with Gasteiger partial charge in [-0.1, -0.05) is 18.2 Å². The molecular formula is C23H23FN4O4. The lowest BCUT2D eigenvalue weighted by atomic mass is 9.90. The molecule has 3 N–H and O–H groups in total. The van der Waals surface area contributed by atoms with Crippen LogP contribution < -0.4 is 16.8 Å². The van der Waals surface area contributed by atoms with Gasteiger partial charge in [-0.3, -0.25) is 9.36 Å². The first-order valence-electron chi connectivity index (χ1n) is 10.3. The summed E-state index contributed by atoms with van der Waals surface area (Å²) in [4.78, 5) is 24.3. The average molecular weight is 438 g/mol. The standard InChI is InChI=1S/C23H23FN4O4/c1-28-19-12-15(4-5-20(19)32-22(28)30)14-2-3-16(18(24)11-14)10-17(13-25)27-21(29)23(26)6-8-31-9-7-23/h2-5,11-12,17H,6-10,26H2,1H3,(H,27,29)/t17-/m0/s1. The van der Waals surface area contributed by atoms with Crippen molar-refractivity contribution in [1.29, 1.82) is 5.26 Å². The molecule has 0 saturated carbocycles. The zero-order valence-electron chi connectivity index (χ0n) is 17.6. The van der Waals surface area contributed by atoms with Gasteiger partial charge in [0, 0.05) is 26.7 Å². The number of aryl methyl sites for hydroxylation is 1. The van der Waals surface area contributed by atoms with Crippen LogP contribution in [0, 0.1) is 17.1 Å². The van der Waals surface area contributed by atoms with Crippen molar-refractivity contribution in [2.45, 2.75) is 30.8 Å². The molecule has 1 atom stereocenters. The predicted octanol–water partition coefficient (Wildman–Crippen LogP) is 2.00. The molecule has 32 heavy (non-hydrogen) atoms. The van der Waals surface area contributed by atoms with E-state index in [1.165, 1.54) is 10.6 Å². The van der Waals surface area contributed by atoms with Crippen molar-refractivity contribution in [2.24, 2.45) is 12.8 Å². The number of carbonyl (C=O) groups excluding carboxylic acids is 1. The number of aromatic nitrogens is 1. The molecule has 1 aromatic heterocycles. The van der Waals surface area contributed by atoms with Gasteiger partial charge >= 0.3 is 5.76 Å². The average Bonchev–Trinajstić information content (AvgIpc) is 3.07. The van der Waals surface area contributed by atoms with Gasteiger partial charge < -0.3 is 20.2 Å². The van der Waals surface area contributed by atoms with Crippen LogP contribution in [0.1, 0.15) is 18.4 Å². The molecule has 1 aliphatic heterocycles. The molecule has 166 valence electrons. The highest BCUT2D eigenvalue weighted by molar-refractivity contribution is 5.86. The van der Waals surface area contributed by atoms with Gasteiger partial charge in [0.15, 0.2) is 5.58 Å². The van der Waals surface area contributed by atoms with Gasteiger partial charge in [0.05, 0.1) is 17.1 Å². The molecule has 0 aliphatic carbocycles. The van der Waals surface area contributed by atoms with Gasteiger partial charge in [-0.2, -0.15) is 5.26 Å². The number of nitrogens with two attached hydrogens (primary N) is 1. The maximum Gasteiger partial charge on any atom is 0.419 e. The van der Waals surface area contributed by atoms with E-state index in [0.717, 1.165) is 0 Å². The van der Waals surface area contributed by atoms with E-state index in [-0.39, 0.29) is 6.42 Å². The summed E-state index contributed by atoms with van der Waals surface area (Å²) >= 11 is 0. The molecule has 3 aromatic rings. The second-order valence-electron chi connectivity index (χ2n) is 8.04. The summed E-state index contributed by atoms with van der Waals surface area (Å²) in [6, 6.07) is 10.9. The molecule has 1 aliphatic rings. The van der Waals surface area contributed by atoms with Gasteiger partial charge in [-0.15, -0.1) is 0 Å². The smallest absolute Gasteiger partial charge is 0.408 e. The molecule has 2 heterocycles. The molecular weight excluding hydrogens is 415 g/mol. The highest BCUT2D eigenvalue weighted by atomic mass is 19.1. The molecule has 8 nitrogen and oxygen atoms in total. The van der Waals surface area contributed by atoms with Crippen LogP contribution in [-0.2, 0) is 23.0 Å². The number of benzene rings is 2. The monoisotopic (exact) mass is 438 g/mol. The van der Waals surface area contributed by atoms with Crippen LogP contribution in [0.5, 0.6) is 0 Å². The molecule has 0 bridgehead atoms. The van der Waals surface area contributed by atoms with E-state index in [1.807, 2.05) is 6.07 Å². The maximum absolute atomic E-state index is 14.9. The third kappa shape index (κ3) is 4.15. The Morgan fingerprint density at radius 3 is 2.66 bits per heavy atom. The van der Waals surface area contributed by atoms with Crippen LogP contribution in [0.3, 0.4) is 0 Å². The fourth-order valence-electron chi connectivity index (χ4n) is 3.81. The van der Waals surface area contributed by atoms with E-state index in [0.29, 0.717) is 53.8 Å². The Labute approximate surface area is 183 Å². The van der Waals surface area contributed by atoms with Gasteiger partial charge in [-0.05, 0) is 47.7 Å². The molecule has 0 spiro atoms. The van der Waals surface area contributed by atoms with Crippen molar-refractivity contribution in [1.82, 2.24) is 9.88 Å². The second-order valence-corrected chi connectivity index (χ2v) is 8.04. The Hall–Kier alpha value is -3.48. The molecule has 2 aromatic carbocycles. The predicted molar refractivity (Wildman–Crippen MR) is 115 cm³/mol. The van der Waals surface area contributed by atoms with E-state index in [2.05, 4.69) is 5.32 Å². The number of fused-ring (bicyclic) bond motifs is 1. The normalized spacial score (nSPS) is 16.4. The zero-order valence-corrected chi connectivity index (χ0v) is 17.6. The summed E-state index contributed by atoms with van der Waals surface area (Å²) in [6.45, 7) is 0.770. The summed E-state index contributed by atoms with van der Waals surface area (Å²) in [6.07, 6.45) is 0.746. The lowest BCUT2D eigenvalue weighted by Gasteiger charge is -2.32. The summed E-state index contributed by atoms with van der Waals surface area (Å²) in [7, 11) is 1.60. The summed E-state index contributed by atoms with van der Waals surface area (Å²) in [5.41, 5.74) is 7.77. The van der Waals surface area contributed by atoms with Crippen LogP contribution in [-0.4, -0.2) is 35.3 Å². The number of carbonyl (C=O) groups is 1. The number of rotatable bonds is 5. The van der Waals surface area contributed by atoms with E-state index in [1.54, 1.807) is 37.4 Å². The van der Waals surface area contributed by atoms with E-state index < -0.39 is 29.1 Å². The highest BCUT2D eigenvalue weighted by Crippen LogP contribution is 2.26. The zero-order chi connectivity index (χ0) is 22.9. The summed E-state index contributed by atoms with van der Waals surface area (Å²) < 4.78 is 26.6. The molecule has 9 heteroatoms. The van der Waals surface area contributed by atoms with Crippen molar-refractivity contribution in [3.63, 3.8) is 0 Å². The largest absolute Gasteiger partial charge is 0.419 e. The summed E-state index contributed by atoms with van der Waals surface area (Å²) in [5.74, 6) is -1.39. The van der Waals surface area contributed by atoms with Crippen LogP contribution in [0.4, 0.5) is 4.39 Å². The van der Waals surface area contributed by atoms with Crippen molar-refractivity contribution in [3.05, 3.63) is 58.3 Å². The Morgan fingerprint density at radius 2 is 1.97 bits per heavy atom. The first kappa shape index (κ1) is 21.7. The minimum Gasteiger partial charge on any atom is -0.408 e. The molecule has 0 unspecified atom stereocenters. The van der Waals surface area contributed by atoms with Crippen LogP contribution in [0.2, 0.25) is 0 Å². The highest BCUT2D eigenvalue weighted by Gasteiger charge is 2.37. The molecule has 0 radical (unpaired) electrons. The first-order valence-corrected chi connectivity index (χ1v) is 10.3. The topological polar surface area (TPSA) is 123 Å². The van der Waals surface area contributed by atoms with Gasteiger partial charge in [0.25, 0.3) is 0 Å². The van der Waals surface area contributed by atoms with Gasteiger partial charge in [-0.25, -0.2) is 9.18 Å². The molecule has 1 fully saturated rings. The third-order valence-electron chi connectivity index (χ3n) is 5.90. The van der Waals surface area contributed by atoms with E-state index >= 15 is 0 Å². The fraction of sp³-hybridized carbons (Fsp3) is 0.348. The first-order chi connectivity index (χ1) is 15.3.